The fourth-order valence-electron chi connectivity index (χ4n) is 4.20. The SMILES string of the molecule is COCc1nnc([C@@]23CC[C@@](NC(=O)COc4ccc(Cl)c(F)c4)(CC2=O)C3)o1. The molecule has 2 atom stereocenters. The summed E-state index contributed by atoms with van der Waals surface area (Å²) in [6.45, 7) is -0.135. The lowest BCUT2D eigenvalue weighted by Crippen LogP contribution is -2.47. The van der Waals surface area contributed by atoms with E-state index in [9.17, 15) is 14.0 Å². The van der Waals surface area contributed by atoms with Gasteiger partial charge in [0, 0.05) is 25.1 Å². The molecule has 2 aromatic rings. The summed E-state index contributed by atoms with van der Waals surface area (Å²) in [5.74, 6) is -0.275. The van der Waals surface area contributed by atoms with Crippen molar-refractivity contribution in [2.24, 2.45) is 0 Å². The van der Waals surface area contributed by atoms with Gasteiger partial charge in [0.1, 0.15) is 23.6 Å². The van der Waals surface area contributed by atoms with Gasteiger partial charge in [0.25, 0.3) is 5.91 Å². The van der Waals surface area contributed by atoms with Crippen LogP contribution in [0, 0.1) is 5.82 Å². The summed E-state index contributed by atoms with van der Waals surface area (Å²) in [7, 11) is 1.51. The molecule has 0 radical (unpaired) electrons. The van der Waals surface area contributed by atoms with E-state index in [2.05, 4.69) is 15.5 Å². The van der Waals surface area contributed by atoms with Gasteiger partial charge in [0.2, 0.25) is 11.8 Å². The molecule has 29 heavy (non-hydrogen) atoms. The molecule has 1 aromatic carbocycles. The second-order valence-corrected chi connectivity index (χ2v) is 7.89. The van der Waals surface area contributed by atoms with Crippen LogP contribution in [0.25, 0.3) is 0 Å². The van der Waals surface area contributed by atoms with Gasteiger partial charge in [-0.15, -0.1) is 10.2 Å². The van der Waals surface area contributed by atoms with Crippen molar-refractivity contribution in [3.05, 3.63) is 40.8 Å². The molecule has 2 fully saturated rings. The molecule has 1 heterocycles. The first-order chi connectivity index (χ1) is 13.9. The Morgan fingerprint density at radius 2 is 2.21 bits per heavy atom. The van der Waals surface area contributed by atoms with Crippen LogP contribution in [-0.2, 0) is 26.3 Å². The highest BCUT2D eigenvalue weighted by Gasteiger charge is 2.63. The van der Waals surface area contributed by atoms with Crippen molar-refractivity contribution >= 4 is 23.3 Å². The zero-order valence-electron chi connectivity index (χ0n) is 15.7. The lowest BCUT2D eigenvalue weighted by molar-refractivity contribution is -0.126. The number of aromatic nitrogens is 2. The number of halogens is 2. The van der Waals surface area contributed by atoms with Gasteiger partial charge in [-0.3, -0.25) is 9.59 Å². The van der Waals surface area contributed by atoms with E-state index in [0.29, 0.717) is 25.2 Å². The number of benzene rings is 1. The highest BCUT2D eigenvalue weighted by Crippen LogP contribution is 2.55. The van der Waals surface area contributed by atoms with Crippen LogP contribution in [0.1, 0.15) is 37.5 Å². The minimum Gasteiger partial charge on any atom is -0.484 e. The molecule has 8 nitrogen and oxygen atoms in total. The number of methoxy groups -OCH3 is 1. The van der Waals surface area contributed by atoms with E-state index < -0.39 is 22.7 Å². The summed E-state index contributed by atoms with van der Waals surface area (Å²) in [5, 5.41) is 10.8. The Balaban J connectivity index is 1.41. The fraction of sp³-hybridized carbons (Fsp3) is 0.474. The third-order valence-corrected chi connectivity index (χ3v) is 5.82. The quantitative estimate of drug-likeness (QED) is 0.728. The van der Waals surface area contributed by atoms with Gasteiger partial charge in [-0.1, -0.05) is 11.6 Å². The lowest BCUT2D eigenvalue weighted by atomic mass is 9.82. The van der Waals surface area contributed by atoms with E-state index in [1.165, 1.54) is 19.2 Å². The molecular weight excluding hydrogens is 405 g/mol. The number of Topliss-reactive ketones (excluding diaryl/α,β-unsaturated/α-hetero) is 1. The molecule has 0 spiro atoms. The zero-order valence-corrected chi connectivity index (χ0v) is 16.4. The van der Waals surface area contributed by atoms with Crippen LogP contribution in [0.2, 0.25) is 5.02 Å². The number of hydrogen-bond donors (Lipinski definition) is 1. The first-order valence-corrected chi connectivity index (χ1v) is 9.48. The van der Waals surface area contributed by atoms with Crippen LogP contribution in [0.5, 0.6) is 5.75 Å². The largest absolute Gasteiger partial charge is 0.484 e. The Bertz CT molecular complexity index is 967. The van der Waals surface area contributed by atoms with E-state index in [1.807, 2.05) is 0 Å². The van der Waals surface area contributed by atoms with Crippen molar-refractivity contribution in [3.8, 4) is 5.75 Å². The van der Waals surface area contributed by atoms with Gasteiger partial charge < -0.3 is 19.2 Å². The Labute approximate surface area is 170 Å². The molecule has 2 aliphatic rings. The normalized spacial score (nSPS) is 25.4. The zero-order chi connectivity index (χ0) is 20.6. The third-order valence-electron chi connectivity index (χ3n) is 5.51. The summed E-state index contributed by atoms with van der Waals surface area (Å²) in [6, 6.07) is 3.94. The number of ether oxygens (including phenoxy) is 2. The van der Waals surface area contributed by atoms with E-state index in [4.69, 9.17) is 25.5 Å². The molecule has 1 N–H and O–H groups in total. The lowest BCUT2D eigenvalue weighted by Gasteiger charge is -2.27. The smallest absolute Gasteiger partial charge is 0.258 e. The summed E-state index contributed by atoms with van der Waals surface area (Å²) in [4.78, 5) is 25.2. The fourth-order valence-corrected chi connectivity index (χ4v) is 4.32. The molecule has 10 heteroatoms. The molecule has 0 aliphatic heterocycles. The predicted molar refractivity (Wildman–Crippen MR) is 97.9 cm³/mol. The molecule has 0 unspecified atom stereocenters. The number of fused-ring (bicyclic) bond motifs is 2. The molecule has 2 saturated carbocycles. The van der Waals surface area contributed by atoms with Gasteiger partial charge in [-0.2, -0.15) is 0 Å². The Hall–Kier alpha value is -2.52. The molecule has 2 aliphatic carbocycles. The van der Waals surface area contributed by atoms with Crippen LogP contribution in [0.15, 0.2) is 22.6 Å². The highest BCUT2D eigenvalue weighted by atomic mass is 35.5. The first kappa shape index (κ1) is 19.8. The van der Waals surface area contributed by atoms with Crippen LogP contribution >= 0.6 is 11.6 Å². The maximum atomic E-state index is 13.5. The minimum atomic E-state index is -0.869. The Morgan fingerprint density at radius 3 is 2.93 bits per heavy atom. The van der Waals surface area contributed by atoms with Crippen LogP contribution in [0.3, 0.4) is 0 Å². The van der Waals surface area contributed by atoms with Gasteiger partial charge in [-0.25, -0.2) is 4.39 Å². The van der Waals surface area contributed by atoms with E-state index in [1.54, 1.807) is 0 Å². The van der Waals surface area contributed by atoms with Crippen LogP contribution in [-0.4, -0.2) is 41.1 Å². The molecule has 4 rings (SSSR count). The van der Waals surface area contributed by atoms with Gasteiger partial charge in [-0.05, 0) is 31.4 Å². The van der Waals surface area contributed by atoms with Gasteiger partial charge >= 0.3 is 0 Å². The molecule has 1 amide bonds. The summed E-state index contributed by atoms with van der Waals surface area (Å²) >= 11 is 5.63. The monoisotopic (exact) mass is 423 g/mol. The van der Waals surface area contributed by atoms with Crippen molar-refractivity contribution in [3.63, 3.8) is 0 Å². The maximum Gasteiger partial charge on any atom is 0.258 e. The average Bonchev–Trinajstić information content (AvgIpc) is 3.35. The Morgan fingerprint density at radius 1 is 1.38 bits per heavy atom. The van der Waals surface area contributed by atoms with Crippen LogP contribution in [0.4, 0.5) is 4.39 Å². The van der Waals surface area contributed by atoms with Crippen molar-refractivity contribution < 1.29 is 27.9 Å². The first-order valence-electron chi connectivity index (χ1n) is 9.10. The average molecular weight is 424 g/mol. The predicted octanol–water partition coefficient (Wildman–Crippen LogP) is 2.34. The molecule has 2 bridgehead atoms. The number of amides is 1. The standard InChI is InChI=1S/C19H19ClFN3O5/c1-27-9-16-23-24-17(29-16)19-5-4-18(10-19,7-14(19)25)22-15(26)8-28-11-2-3-12(20)13(21)6-11/h2-3,6H,4-5,7-10H2,1H3,(H,22,26)/t18-,19-/m1/s1. The highest BCUT2D eigenvalue weighted by molar-refractivity contribution is 6.30. The van der Waals surface area contributed by atoms with Gasteiger partial charge in [0.15, 0.2) is 12.4 Å². The van der Waals surface area contributed by atoms with Crippen LogP contribution < -0.4 is 10.1 Å². The van der Waals surface area contributed by atoms with E-state index >= 15 is 0 Å². The van der Waals surface area contributed by atoms with Crippen molar-refractivity contribution in [2.75, 3.05) is 13.7 Å². The summed E-state index contributed by atoms with van der Waals surface area (Å²) in [6.07, 6.45) is 1.72. The minimum absolute atomic E-state index is 0.0258. The van der Waals surface area contributed by atoms with E-state index in [-0.39, 0.29) is 42.1 Å². The third kappa shape index (κ3) is 3.60. The van der Waals surface area contributed by atoms with E-state index in [0.717, 1.165) is 6.07 Å². The van der Waals surface area contributed by atoms with Gasteiger partial charge in [0.05, 0.1) is 5.02 Å². The maximum absolute atomic E-state index is 13.5. The van der Waals surface area contributed by atoms with Crippen molar-refractivity contribution in [2.45, 2.75) is 43.2 Å². The number of nitrogens with one attached hydrogen (secondary N) is 1. The topological polar surface area (TPSA) is 104 Å². The number of nitrogens with zero attached hydrogens (tertiary/aromatic N) is 2. The number of rotatable bonds is 7. The number of ketones is 1. The second-order valence-electron chi connectivity index (χ2n) is 7.49. The number of carbonyl (C=O) groups excluding carboxylic acids is 2. The molecule has 154 valence electrons. The number of hydrogen-bond acceptors (Lipinski definition) is 7. The molecule has 0 saturated heterocycles. The number of carbonyl (C=O) groups is 2. The Kier molecular flexibility index (Phi) is 5.04. The summed E-state index contributed by atoms with van der Waals surface area (Å²) < 4.78 is 29.4. The van der Waals surface area contributed by atoms with Crippen molar-refractivity contribution in [1.29, 1.82) is 0 Å². The summed E-state index contributed by atoms with van der Waals surface area (Å²) in [5.41, 5.74) is -1.54. The van der Waals surface area contributed by atoms with Crippen molar-refractivity contribution in [1.82, 2.24) is 15.5 Å². The second kappa shape index (κ2) is 7.38. The molecular formula is C19H19ClFN3O5. The molecule has 1 aromatic heterocycles.